The summed E-state index contributed by atoms with van der Waals surface area (Å²) in [5, 5.41) is 11.9. The number of hydrogen-bond donors (Lipinski definition) is 1. The van der Waals surface area contributed by atoms with E-state index in [1.807, 2.05) is 39.0 Å². The first kappa shape index (κ1) is 24.5. The summed E-state index contributed by atoms with van der Waals surface area (Å²) in [5.74, 6) is 0.798. The average Bonchev–Trinajstić information content (AvgIpc) is 3.22. The van der Waals surface area contributed by atoms with Crippen LogP contribution in [-0.4, -0.2) is 45.5 Å². The van der Waals surface area contributed by atoms with Crippen LogP contribution in [-0.2, 0) is 4.74 Å². The van der Waals surface area contributed by atoms with Crippen LogP contribution in [0.4, 0.5) is 10.5 Å². The highest BCUT2D eigenvalue weighted by Gasteiger charge is 2.34. The first-order valence-electron chi connectivity index (χ1n) is 11.0. The molecule has 3 aromatic rings. The molecule has 10 heteroatoms. The van der Waals surface area contributed by atoms with Gasteiger partial charge in [0.05, 0.1) is 11.3 Å². The Kier molecular flexibility index (Phi) is 6.87. The fraction of sp³-hybridized carbons (Fsp3) is 0.417. The Morgan fingerprint density at radius 2 is 1.88 bits per heavy atom. The maximum atomic E-state index is 12.3. The number of anilines is 1. The van der Waals surface area contributed by atoms with E-state index in [-0.39, 0.29) is 11.6 Å². The number of piperidine rings is 1. The lowest BCUT2D eigenvalue weighted by atomic mass is 9.89. The zero-order valence-corrected chi connectivity index (χ0v) is 21.9. The van der Waals surface area contributed by atoms with Gasteiger partial charge in [0.1, 0.15) is 10.8 Å². The molecule has 0 bridgehead atoms. The molecule has 0 saturated carbocycles. The van der Waals surface area contributed by atoms with E-state index in [2.05, 4.69) is 48.3 Å². The van der Waals surface area contributed by atoms with E-state index in [1.54, 1.807) is 18.3 Å². The zero-order chi connectivity index (χ0) is 24.5. The number of ether oxygens (including phenoxy) is 1. The second kappa shape index (κ2) is 9.54. The van der Waals surface area contributed by atoms with Gasteiger partial charge in [-0.25, -0.2) is 9.78 Å². The minimum Gasteiger partial charge on any atom is -0.444 e. The van der Waals surface area contributed by atoms with E-state index < -0.39 is 5.60 Å². The van der Waals surface area contributed by atoms with Crippen LogP contribution in [0.3, 0.4) is 0 Å². The molecule has 0 atom stereocenters. The van der Waals surface area contributed by atoms with Crippen molar-refractivity contribution in [3.05, 3.63) is 46.2 Å². The monoisotopic (exact) mass is 547 g/mol. The standard InChI is InChI=1S/C24H27BrClN5O3/c1-23(2,3)34-22(32)28-24(4)8-11-31(12-9-24)18-14-16(25)5-6-17(18)21-30-29-20(33-21)15-7-10-27-19(26)13-15/h5-7,10,13-14H,8-9,11-12H2,1-4H3,(H,28,32). The van der Waals surface area contributed by atoms with Crippen molar-refractivity contribution < 1.29 is 13.9 Å². The number of hydrogen-bond acceptors (Lipinski definition) is 7. The molecule has 8 nitrogen and oxygen atoms in total. The number of carbonyl (C=O) groups excluding carboxylic acids is 1. The highest BCUT2D eigenvalue weighted by molar-refractivity contribution is 9.10. The Balaban J connectivity index is 1.52. The van der Waals surface area contributed by atoms with Crippen molar-refractivity contribution in [2.45, 2.75) is 51.7 Å². The van der Waals surface area contributed by atoms with Crippen LogP contribution in [0.1, 0.15) is 40.5 Å². The number of halogens is 2. The van der Waals surface area contributed by atoms with Crippen molar-refractivity contribution in [3.8, 4) is 22.9 Å². The molecule has 1 amide bonds. The number of rotatable bonds is 4. The molecular formula is C24H27BrClN5O3. The van der Waals surface area contributed by atoms with Gasteiger partial charge in [0.15, 0.2) is 0 Å². The summed E-state index contributed by atoms with van der Waals surface area (Å²) in [6.07, 6.45) is 2.75. The number of alkyl carbamates (subject to hydrolysis) is 1. The summed E-state index contributed by atoms with van der Waals surface area (Å²) in [6, 6.07) is 9.42. The number of benzene rings is 1. The Morgan fingerprint density at radius 3 is 2.56 bits per heavy atom. The Morgan fingerprint density at radius 1 is 1.18 bits per heavy atom. The summed E-state index contributed by atoms with van der Waals surface area (Å²) in [4.78, 5) is 18.6. The lowest BCUT2D eigenvalue weighted by Crippen LogP contribution is -2.54. The van der Waals surface area contributed by atoms with Crippen LogP contribution in [0.2, 0.25) is 5.15 Å². The molecule has 180 valence electrons. The van der Waals surface area contributed by atoms with Crippen LogP contribution in [0, 0.1) is 0 Å². The van der Waals surface area contributed by atoms with Gasteiger partial charge in [0.2, 0.25) is 11.8 Å². The summed E-state index contributed by atoms with van der Waals surface area (Å²) < 4.78 is 12.4. The molecule has 34 heavy (non-hydrogen) atoms. The Hall–Kier alpha value is -2.65. The third-order valence-corrected chi connectivity index (χ3v) is 6.30. The minimum atomic E-state index is -0.531. The molecule has 0 unspecified atom stereocenters. The van der Waals surface area contributed by atoms with Gasteiger partial charge in [-0.3, -0.25) is 0 Å². The van der Waals surface area contributed by atoms with Crippen LogP contribution in [0.15, 0.2) is 45.4 Å². The summed E-state index contributed by atoms with van der Waals surface area (Å²) in [7, 11) is 0. The molecule has 2 aromatic heterocycles. The van der Waals surface area contributed by atoms with Crippen molar-refractivity contribution in [1.29, 1.82) is 0 Å². The molecule has 1 aromatic carbocycles. The van der Waals surface area contributed by atoms with Crippen LogP contribution in [0.25, 0.3) is 22.9 Å². The number of pyridine rings is 1. The van der Waals surface area contributed by atoms with Crippen molar-refractivity contribution in [1.82, 2.24) is 20.5 Å². The molecule has 0 spiro atoms. The number of carbonyl (C=O) groups is 1. The highest BCUT2D eigenvalue weighted by Crippen LogP contribution is 2.37. The molecule has 1 aliphatic rings. The number of nitrogens with one attached hydrogen (secondary N) is 1. The quantitative estimate of drug-likeness (QED) is 0.394. The average molecular weight is 549 g/mol. The molecular weight excluding hydrogens is 522 g/mol. The van der Waals surface area contributed by atoms with E-state index in [4.69, 9.17) is 20.8 Å². The van der Waals surface area contributed by atoms with Gasteiger partial charge in [-0.15, -0.1) is 10.2 Å². The third-order valence-electron chi connectivity index (χ3n) is 5.60. The van der Waals surface area contributed by atoms with Crippen molar-refractivity contribution in [3.63, 3.8) is 0 Å². The van der Waals surface area contributed by atoms with Crippen LogP contribution < -0.4 is 10.2 Å². The predicted octanol–water partition coefficient (Wildman–Crippen LogP) is 6.10. The smallest absolute Gasteiger partial charge is 0.408 e. The van der Waals surface area contributed by atoms with E-state index in [1.165, 1.54) is 0 Å². The Bertz CT molecular complexity index is 1190. The van der Waals surface area contributed by atoms with Gasteiger partial charge in [0, 0.05) is 34.9 Å². The van der Waals surface area contributed by atoms with Crippen LogP contribution >= 0.6 is 27.5 Å². The molecule has 3 heterocycles. The van der Waals surface area contributed by atoms with Gasteiger partial charge in [-0.2, -0.15) is 0 Å². The molecule has 1 aliphatic heterocycles. The summed E-state index contributed by atoms with van der Waals surface area (Å²) >= 11 is 9.58. The first-order valence-corrected chi connectivity index (χ1v) is 12.2. The molecule has 4 rings (SSSR count). The predicted molar refractivity (Wildman–Crippen MR) is 135 cm³/mol. The SMILES string of the molecule is CC1(NC(=O)OC(C)(C)C)CCN(c2cc(Br)ccc2-c2nnc(-c3ccnc(Cl)c3)o2)CC1. The molecule has 1 N–H and O–H groups in total. The van der Waals surface area contributed by atoms with Gasteiger partial charge >= 0.3 is 6.09 Å². The second-order valence-corrected chi connectivity index (χ2v) is 10.9. The summed E-state index contributed by atoms with van der Waals surface area (Å²) in [6.45, 7) is 9.13. The lowest BCUT2D eigenvalue weighted by molar-refractivity contribution is 0.0448. The second-order valence-electron chi connectivity index (χ2n) is 9.62. The number of amides is 1. The minimum absolute atomic E-state index is 0.344. The van der Waals surface area contributed by atoms with E-state index in [0.717, 1.165) is 41.7 Å². The third kappa shape index (κ3) is 5.88. The number of aromatic nitrogens is 3. The molecule has 1 fully saturated rings. The van der Waals surface area contributed by atoms with Gasteiger partial charge in [0.25, 0.3) is 0 Å². The highest BCUT2D eigenvalue weighted by atomic mass is 79.9. The van der Waals surface area contributed by atoms with Crippen molar-refractivity contribution in [2.75, 3.05) is 18.0 Å². The van der Waals surface area contributed by atoms with Crippen molar-refractivity contribution in [2.24, 2.45) is 0 Å². The van der Waals surface area contributed by atoms with E-state index in [0.29, 0.717) is 22.5 Å². The van der Waals surface area contributed by atoms with Gasteiger partial charge < -0.3 is 19.4 Å². The van der Waals surface area contributed by atoms with Gasteiger partial charge in [-0.05, 0) is 70.9 Å². The fourth-order valence-electron chi connectivity index (χ4n) is 3.85. The molecule has 1 saturated heterocycles. The fourth-order valence-corrected chi connectivity index (χ4v) is 4.37. The Labute approximate surface area is 212 Å². The molecule has 0 aliphatic carbocycles. The van der Waals surface area contributed by atoms with Crippen LogP contribution in [0.5, 0.6) is 0 Å². The summed E-state index contributed by atoms with van der Waals surface area (Å²) in [5.41, 5.74) is 1.65. The van der Waals surface area contributed by atoms with Crippen molar-refractivity contribution >= 4 is 39.3 Å². The molecule has 0 radical (unpaired) electrons. The van der Waals surface area contributed by atoms with E-state index in [9.17, 15) is 4.79 Å². The lowest BCUT2D eigenvalue weighted by Gasteiger charge is -2.41. The maximum absolute atomic E-state index is 12.3. The topological polar surface area (TPSA) is 93.4 Å². The largest absolute Gasteiger partial charge is 0.444 e. The van der Waals surface area contributed by atoms with Gasteiger partial charge in [-0.1, -0.05) is 27.5 Å². The number of nitrogens with zero attached hydrogens (tertiary/aromatic N) is 4. The van der Waals surface area contributed by atoms with E-state index >= 15 is 0 Å². The zero-order valence-electron chi connectivity index (χ0n) is 19.6. The maximum Gasteiger partial charge on any atom is 0.408 e. The first-order chi connectivity index (χ1) is 16.0. The normalized spacial score (nSPS) is 15.8.